The SMILES string of the molecule is Cc1cc2c(c3c(C)csc13)[C@H](CCl)CN2C(=O)c1cc2cc(CC(=O)Cc3ccc4[nH]c(C(=O)N5C[C@@H](CCl)c6c5cc(O)c5scc(C)c65)cc4c3)ccc2[nH]1. The van der Waals surface area contributed by atoms with Crippen LogP contribution in [0.4, 0.5) is 11.4 Å². The number of ketones is 1. The van der Waals surface area contributed by atoms with E-state index < -0.39 is 0 Å². The molecule has 0 fully saturated rings. The third-order valence-electron chi connectivity index (χ3n) is 12.0. The molecule has 10 rings (SSSR count). The molecule has 292 valence electrons. The molecule has 8 aromatic rings. The summed E-state index contributed by atoms with van der Waals surface area (Å²) in [6.07, 6.45) is 0.475. The smallest absolute Gasteiger partial charge is 0.274 e. The summed E-state index contributed by atoms with van der Waals surface area (Å²) in [5.41, 5.74) is 11.5. The molecule has 0 unspecified atom stereocenters. The van der Waals surface area contributed by atoms with Crippen LogP contribution in [0.3, 0.4) is 0 Å². The highest BCUT2D eigenvalue weighted by Gasteiger charge is 2.37. The Morgan fingerprint density at radius 1 is 0.672 bits per heavy atom. The molecule has 6 heterocycles. The van der Waals surface area contributed by atoms with E-state index in [9.17, 15) is 19.5 Å². The molecule has 12 heteroatoms. The number of benzene rings is 4. The third kappa shape index (κ3) is 5.87. The van der Waals surface area contributed by atoms with Crippen LogP contribution in [0.15, 0.2) is 71.4 Å². The summed E-state index contributed by atoms with van der Waals surface area (Å²) < 4.78 is 2.07. The number of phenols is 1. The standard InChI is InChI=1S/C46H38Cl2N4O4S2/c1-22-8-36-41(39-23(2)20-57-43(22)39)29(16-47)18-51(36)45(55)34-13-27-9-25(4-6-32(27)49-34)11-31(53)12-26-5-7-33-28(10-26)14-35(50-33)46(56)52-19-30(17-48)42-37(52)15-38(54)44-40(42)24(3)21-58-44/h4-10,13-15,20-21,29-30,49-50,54H,11-12,16-19H2,1-3H3/t29-,30-/m1/s1. The fraction of sp³-hybridized carbons (Fsp3) is 0.239. The number of fused-ring (bicyclic) bond motifs is 8. The molecule has 4 aromatic heterocycles. The largest absolute Gasteiger partial charge is 0.506 e. The third-order valence-corrected chi connectivity index (χ3v) is 15.1. The van der Waals surface area contributed by atoms with Crippen LogP contribution in [0.25, 0.3) is 42.0 Å². The lowest BCUT2D eigenvalue weighted by Gasteiger charge is -2.17. The van der Waals surface area contributed by atoms with Gasteiger partial charge in [0.25, 0.3) is 11.8 Å². The van der Waals surface area contributed by atoms with Crippen molar-refractivity contribution < 1.29 is 19.5 Å². The van der Waals surface area contributed by atoms with E-state index >= 15 is 0 Å². The van der Waals surface area contributed by atoms with Gasteiger partial charge in [0.2, 0.25) is 0 Å². The van der Waals surface area contributed by atoms with Crippen molar-refractivity contribution in [2.75, 3.05) is 34.6 Å². The lowest BCUT2D eigenvalue weighted by Crippen LogP contribution is -2.30. The Hall–Kier alpha value is -5.13. The highest BCUT2D eigenvalue weighted by molar-refractivity contribution is 7.18. The predicted octanol–water partition coefficient (Wildman–Crippen LogP) is 11.0. The average Bonchev–Trinajstić information content (AvgIpc) is 4.06. The lowest BCUT2D eigenvalue weighted by molar-refractivity contribution is -0.117. The first-order valence-electron chi connectivity index (χ1n) is 19.3. The summed E-state index contributed by atoms with van der Waals surface area (Å²) in [7, 11) is 0. The molecule has 0 aliphatic carbocycles. The number of halogens is 2. The molecular weight excluding hydrogens is 808 g/mol. The van der Waals surface area contributed by atoms with E-state index in [0.29, 0.717) is 41.9 Å². The molecule has 8 nitrogen and oxygen atoms in total. The van der Waals surface area contributed by atoms with Gasteiger partial charge in [0.1, 0.15) is 22.9 Å². The van der Waals surface area contributed by atoms with Crippen molar-refractivity contribution in [3.8, 4) is 5.75 Å². The topological polar surface area (TPSA) is 110 Å². The van der Waals surface area contributed by atoms with E-state index in [1.807, 2.05) is 65.7 Å². The molecule has 2 amide bonds. The first-order valence-corrected chi connectivity index (χ1v) is 22.1. The summed E-state index contributed by atoms with van der Waals surface area (Å²) in [6.45, 7) is 7.19. The Bertz CT molecular complexity index is 2850. The zero-order valence-corrected chi connectivity index (χ0v) is 35.1. The van der Waals surface area contributed by atoms with Crippen LogP contribution in [0, 0.1) is 20.8 Å². The number of aromatic nitrogens is 2. The number of carbonyl (C=O) groups is 3. The van der Waals surface area contributed by atoms with Crippen molar-refractivity contribution in [2.45, 2.75) is 45.4 Å². The number of Topliss-reactive ketones (excluding diaryl/α,β-unsaturated/α-hetero) is 1. The maximum absolute atomic E-state index is 14.1. The fourth-order valence-electron chi connectivity index (χ4n) is 9.27. The Balaban J connectivity index is 0.850. The van der Waals surface area contributed by atoms with E-state index in [2.05, 4.69) is 35.3 Å². The van der Waals surface area contributed by atoms with E-state index in [0.717, 1.165) is 71.0 Å². The summed E-state index contributed by atoms with van der Waals surface area (Å²) in [5.74, 6) is 0.713. The minimum atomic E-state index is -0.200. The molecule has 0 bridgehead atoms. The number of aromatic hydroxyl groups is 1. The maximum atomic E-state index is 14.1. The Morgan fingerprint density at radius 3 is 1.67 bits per heavy atom. The summed E-state index contributed by atoms with van der Waals surface area (Å²) in [4.78, 5) is 51.7. The number of hydrogen-bond acceptors (Lipinski definition) is 6. The molecule has 2 aliphatic heterocycles. The quantitative estimate of drug-likeness (QED) is 0.132. The van der Waals surface area contributed by atoms with Crippen molar-refractivity contribution in [2.24, 2.45) is 0 Å². The van der Waals surface area contributed by atoms with Crippen LogP contribution in [-0.2, 0) is 17.6 Å². The van der Waals surface area contributed by atoms with E-state index in [1.165, 1.54) is 27.0 Å². The Morgan fingerprint density at radius 2 is 1.16 bits per heavy atom. The number of aryl methyl sites for hydroxylation is 3. The number of nitrogens with zero attached hydrogens (tertiary/aromatic N) is 2. The number of aromatic amines is 2. The summed E-state index contributed by atoms with van der Waals surface area (Å²) in [6, 6.07) is 19.1. The molecule has 0 saturated carbocycles. The van der Waals surface area contributed by atoms with Gasteiger partial charge in [-0.2, -0.15) is 0 Å². The molecule has 2 atom stereocenters. The van der Waals surface area contributed by atoms with Crippen LogP contribution in [-0.4, -0.2) is 57.5 Å². The van der Waals surface area contributed by atoms with E-state index in [-0.39, 0.29) is 48.0 Å². The van der Waals surface area contributed by atoms with Crippen LogP contribution >= 0.6 is 45.9 Å². The van der Waals surface area contributed by atoms with Gasteiger partial charge in [-0.1, -0.05) is 12.1 Å². The first-order chi connectivity index (χ1) is 28.0. The lowest BCUT2D eigenvalue weighted by atomic mass is 9.95. The van der Waals surface area contributed by atoms with Gasteiger partial charge in [-0.25, -0.2) is 0 Å². The van der Waals surface area contributed by atoms with Crippen LogP contribution < -0.4 is 9.80 Å². The second-order valence-electron chi connectivity index (χ2n) is 15.8. The Kier molecular flexibility index (Phi) is 8.98. The maximum Gasteiger partial charge on any atom is 0.274 e. The normalized spacial score (nSPS) is 16.4. The molecule has 4 aromatic carbocycles. The Labute approximate surface area is 352 Å². The number of carbonyl (C=O) groups excluding carboxylic acids is 3. The van der Waals surface area contributed by atoms with E-state index in [1.54, 1.807) is 22.3 Å². The van der Waals surface area contributed by atoms with Gasteiger partial charge in [-0.3, -0.25) is 14.4 Å². The molecule has 3 N–H and O–H groups in total. The van der Waals surface area contributed by atoms with Crippen molar-refractivity contribution in [1.29, 1.82) is 0 Å². The zero-order valence-electron chi connectivity index (χ0n) is 32.0. The first kappa shape index (κ1) is 37.2. The van der Waals surface area contributed by atoms with Gasteiger partial charge in [0.15, 0.2) is 0 Å². The molecule has 0 radical (unpaired) electrons. The number of hydrogen-bond donors (Lipinski definition) is 3. The van der Waals surface area contributed by atoms with Gasteiger partial charge in [0, 0.05) is 98.6 Å². The van der Waals surface area contributed by atoms with Gasteiger partial charge in [-0.05, 0) is 113 Å². The number of H-pyrrole nitrogens is 2. The highest BCUT2D eigenvalue weighted by Crippen LogP contribution is 2.49. The number of nitrogens with one attached hydrogen (secondary N) is 2. The number of phenolic OH excluding ortho intramolecular Hbond substituents is 1. The summed E-state index contributed by atoms with van der Waals surface area (Å²) in [5, 5.41) is 19.0. The number of anilines is 2. The van der Waals surface area contributed by atoms with Crippen molar-refractivity contribution in [1.82, 2.24) is 9.97 Å². The average molecular weight is 846 g/mol. The van der Waals surface area contributed by atoms with Crippen LogP contribution in [0.1, 0.15) is 71.8 Å². The number of amides is 2. The van der Waals surface area contributed by atoms with Crippen LogP contribution in [0.5, 0.6) is 5.75 Å². The van der Waals surface area contributed by atoms with Gasteiger partial charge >= 0.3 is 0 Å². The molecule has 0 spiro atoms. The monoisotopic (exact) mass is 844 g/mol. The fourth-order valence-corrected chi connectivity index (χ4v) is 11.8. The second-order valence-corrected chi connectivity index (χ2v) is 18.2. The van der Waals surface area contributed by atoms with E-state index in [4.69, 9.17) is 23.2 Å². The van der Waals surface area contributed by atoms with Crippen molar-refractivity contribution in [3.63, 3.8) is 0 Å². The van der Waals surface area contributed by atoms with Crippen molar-refractivity contribution in [3.05, 3.63) is 122 Å². The minimum absolute atomic E-state index is 0.0503. The molecule has 0 saturated heterocycles. The van der Waals surface area contributed by atoms with Crippen LogP contribution in [0.2, 0.25) is 0 Å². The molecular formula is C46H38Cl2N4O4S2. The second kappa shape index (κ2) is 14.0. The predicted molar refractivity (Wildman–Crippen MR) is 239 cm³/mol. The highest BCUT2D eigenvalue weighted by atomic mass is 35.5. The number of alkyl halides is 2. The molecule has 2 aliphatic rings. The number of rotatable bonds is 8. The zero-order chi connectivity index (χ0) is 40.1. The number of thiophene rings is 2. The molecule has 58 heavy (non-hydrogen) atoms. The van der Waals surface area contributed by atoms with Crippen molar-refractivity contribution >= 4 is 117 Å². The summed E-state index contributed by atoms with van der Waals surface area (Å²) >= 11 is 16.2. The van der Waals surface area contributed by atoms with Gasteiger partial charge in [0.05, 0.1) is 10.4 Å². The minimum Gasteiger partial charge on any atom is -0.506 e. The van der Waals surface area contributed by atoms with Gasteiger partial charge < -0.3 is 24.9 Å². The van der Waals surface area contributed by atoms with Gasteiger partial charge in [-0.15, -0.1) is 45.9 Å².